The van der Waals surface area contributed by atoms with Crippen LogP contribution in [0.15, 0.2) is 84.4 Å². The van der Waals surface area contributed by atoms with Crippen LogP contribution < -0.4 is 9.64 Å². The number of thioether (sulfide) groups is 1. The van der Waals surface area contributed by atoms with Gasteiger partial charge in [-0.25, -0.2) is 4.98 Å². The molecule has 0 fully saturated rings. The molecule has 7 heteroatoms. The maximum Gasteiger partial charge on any atom is 0.173 e. The third-order valence-electron chi connectivity index (χ3n) is 4.96. The number of pyridine rings is 1. The number of para-hydroxylation sites is 1. The summed E-state index contributed by atoms with van der Waals surface area (Å²) in [5.74, 6) is 1.70. The fraction of sp³-hybridized carbons (Fsp3) is 0.167. The van der Waals surface area contributed by atoms with Crippen LogP contribution in [-0.2, 0) is 0 Å². The molecule has 0 aliphatic rings. The molecule has 0 spiro atoms. The second-order valence-corrected chi connectivity index (χ2v) is 8.41. The van der Waals surface area contributed by atoms with Gasteiger partial charge in [0.15, 0.2) is 5.16 Å². The molecule has 5 nitrogen and oxygen atoms in total. The van der Waals surface area contributed by atoms with Crippen LogP contribution in [0, 0.1) is 0 Å². The average Bonchev–Trinajstić information content (AvgIpc) is 3.23. The maximum absolute atomic E-state index is 6.13. The van der Waals surface area contributed by atoms with Gasteiger partial charge in [-0.2, -0.15) is 0 Å². The van der Waals surface area contributed by atoms with Gasteiger partial charge in [0.1, 0.15) is 5.75 Å². The first kappa shape index (κ1) is 21.3. The van der Waals surface area contributed by atoms with E-state index in [0.717, 1.165) is 45.8 Å². The van der Waals surface area contributed by atoms with Gasteiger partial charge in [0.2, 0.25) is 0 Å². The van der Waals surface area contributed by atoms with Crippen LogP contribution in [0.25, 0.3) is 16.9 Å². The highest BCUT2D eigenvalue weighted by Crippen LogP contribution is 2.35. The van der Waals surface area contributed by atoms with Crippen LogP contribution in [0.5, 0.6) is 5.75 Å². The molecular formula is C24H23ClN4OS. The Bertz CT molecular complexity index is 1130. The first-order valence-corrected chi connectivity index (χ1v) is 11.2. The van der Waals surface area contributed by atoms with E-state index in [1.807, 2.05) is 79.3 Å². The zero-order chi connectivity index (χ0) is 21.6. The minimum Gasteiger partial charge on any atom is -0.496 e. The Labute approximate surface area is 191 Å². The fourth-order valence-corrected chi connectivity index (χ4v) is 4.46. The number of rotatable bonds is 8. The van der Waals surface area contributed by atoms with Crippen molar-refractivity contribution in [3.05, 3.63) is 84.3 Å². The van der Waals surface area contributed by atoms with E-state index in [-0.39, 0.29) is 0 Å². The lowest BCUT2D eigenvalue weighted by molar-refractivity contribution is 0.416. The summed E-state index contributed by atoms with van der Waals surface area (Å²) in [6.07, 6.45) is 5.53. The number of aromatic nitrogens is 3. The van der Waals surface area contributed by atoms with E-state index in [9.17, 15) is 0 Å². The first-order chi connectivity index (χ1) is 15.2. The second-order valence-electron chi connectivity index (χ2n) is 6.91. The lowest BCUT2D eigenvalue weighted by Gasteiger charge is -2.19. The molecule has 0 bridgehead atoms. The van der Waals surface area contributed by atoms with Crippen LogP contribution in [0.3, 0.4) is 0 Å². The van der Waals surface area contributed by atoms with Crippen molar-refractivity contribution >= 4 is 29.1 Å². The molecule has 31 heavy (non-hydrogen) atoms. The normalized spacial score (nSPS) is 10.8. The van der Waals surface area contributed by atoms with E-state index in [1.165, 1.54) is 0 Å². The number of methoxy groups -OCH3 is 1. The number of hydrogen-bond donors (Lipinski definition) is 0. The molecule has 4 aromatic rings. The molecule has 2 aromatic heterocycles. The van der Waals surface area contributed by atoms with Crippen molar-refractivity contribution < 1.29 is 4.74 Å². The van der Waals surface area contributed by atoms with Crippen molar-refractivity contribution in [2.45, 2.75) is 5.16 Å². The minimum atomic E-state index is 0.705. The number of hydrogen-bond acceptors (Lipinski definition) is 5. The molecular weight excluding hydrogens is 428 g/mol. The standard InChI is InChI=1S/C24H23ClN4OS/c1-28(19-11-13-26-14-12-19)15-16-31-24-27-17-22(21-5-3-4-6-23(21)30-2)29(24)20-9-7-18(25)8-10-20/h3-14,17H,15-16H2,1-2H3. The molecule has 2 aromatic carbocycles. The Hall–Kier alpha value is -2.96. The minimum absolute atomic E-state index is 0.705. The summed E-state index contributed by atoms with van der Waals surface area (Å²) < 4.78 is 7.76. The fourth-order valence-electron chi connectivity index (χ4n) is 3.32. The molecule has 4 rings (SSSR count). The molecule has 0 saturated heterocycles. The zero-order valence-corrected chi connectivity index (χ0v) is 19.0. The van der Waals surface area contributed by atoms with Crippen LogP contribution in [-0.4, -0.2) is 41.0 Å². The lowest BCUT2D eigenvalue weighted by atomic mass is 10.1. The van der Waals surface area contributed by atoms with Gasteiger partial charge in [0.25, 0.3) is 0 Å². The third kappa shape index (κ3) is 4.86. The summed E-state index contributed by atoms with van der Waals surface area (Å²) in [6.45, 7) is 0.881. The third-order valence-corrected chi connectivity index (χ3v) is 6.14. The van der Waals surface area contributed by atoms with E-state index in [2.05, 4.69) is 21.5 Å². The lowest BCUT2D eigenvalue weighted by Crippen LogP contribution is -2.20. The number of halogens is 1. The van der Waals surface area contributed by atoms with Gasteiger partial charge >= 0.3 is 0 Å². The van der Waals surface area contributed by atoms with Crippen LogP contribution >= 0.6 is 23.4 Å². The Morgan fingerprint density at radius 1 is 1.03 bits per heavy atom. The Balaban J connectivity index is 1.63. The van der Waals surface area contributed by atoms with E-state index in [0.29, 0.717) is 5.02 Å². The number of nitrogens with zero attached hydrogens (tertiary/aromatic N) is 4. The second kappa shape index (κ2) is 9.90. The molecule has 0 saturated carbocycles. The highest BCUT2D eigenvalue weighted by atomic mass is 35.5. The smallest absolute Gasteiger partial charge is 0.173 e. The predicted octanol–water partition coefficient (Wildman–Crippen LogP) is 5.82. The average molecular weight is 451 g/mol. The van der Waals surface area contributed by atoms with Crippen LogP contribution in [0.4, 0.5) is 5.69 Å². The molecule has 158 valence electrons. The Morgan fingerprint density at radius 3 is 2.52 bits per heavy atom. The van der Waals surface area contributed by atoms with Crippen LogP contribution in [0.2, 0.25) is 5.02 Å². The van der Waals surface area contributed by atoms with Crippen molar-refractivity contribution in [2.75, 3.05) is 31.4 Å². The molecule has 2 heterocycles. The van der Waals surface area contributed by atoms with Crippen molar-refractivity contribution in [1.29, 1.82) is 0 Å². The van der Waals surface area contributed by atoms with Gasteiger partial charge in [-0.15, -0.1) is 0 Å². The summed E-state index contributed by atoms with van der Waals surface area (Å²) >= 11 is 7.85. The number of anilines is 1. The quantitative estimate of drug-likeness (QED) is 0.316. The molecule has 0 N–H and O–H groups in total. The summed E-state index contributed by atoms with van der Waals surface area (Å²) in [5, 5.41) is 1.63. The highest BCUT2D eigenvalue weighted by Gasteiger charge is 2.17. The van der Waals surface area contributed by atoms with Crippen molar-refractivity contribution in [3.63, 3.8) is 0 Å². The van der Waals surface area contributed by atoms with Crippen molar-refractivity contribution in [2.24, 2.45) is 0 Å². The predicted molar refractivity (Wildman–Crippen MR) is 129 cm³/mol. The van der Waals surface area contributed by atoms with Gasteiger partial charge in [-0.3, -0.25) is 9.55 Å². The Morgan fingerprint density at radius 2 is 1.77 bits per heavy atom. The van der Waals surface area contributed by atoms with Gasteiger partial charge in [-0.05, 0) is 48.5 Å². The molecule has 0 amide bonds. The summed E-state index contributed by atoms with van der Waals surface area (Å²) in [6, 6.07) is 19.8. The number of benzene rings is 2. The summed E-state index contributed by atoms with van der Waals surface area (Å²) in [5.41, 5.74) is 4.12. The topological polar surface area (TPSA) is 43.2 Å². The van der Waals surface area contributed by atoms with Gasteiger partial charge in [0, 0.05) is 53.7 Å². The van der Waals surface area contributed by atoms with Gasteiger partial charge < -0.3 is 9.64 Å². The first-order valence-electron chi connectivity index (χ1n) is 9.88. The molecule has 0 aliphatic heterocycles. The zero-order valence-electron chi connectivity index (χ0n) is 17.4. The molecule has 0 radical (unpaired) electrons. The largest absolute Gasteiger partial charge is 0.496 e. The number of ether oxygens (including phenoxy) is 1. The number of imidazole rings is 1. The highest BCUT2D eigenvalue weighted by molar-refractivity contribution is 7.99. The van der Waals surface area contributed by atoms with Crippen molar-refractivity contribution in [1.82, 2.24) is 14.5 Å². The van der Waals surface area contributed by atoms with E-state index in [4.69, 9.17) is 21.3 Å². The SMILES string of the molecule is COc1ccccc1-c1cnc(SCCN(C)c2ccncc2)n1-c1ccc(Cl)cc1. The van der Waals surface area contributed by atoms with Crippen molar-refractivity contribution in [3.8, 4) is 22.7 Å². The Kier molecular flexibility index (Phi) is 6.79. The van der Waals surface area contributed by atoms with Crippen LogP contribution in [0.1, 0.15) is 0 Å². The molecule has 0 aliphatic carbocycles. The van der Waals surface area contributed by atoms with E-state index >= 15 is 0 Å². The van der Waals surface area contributed by atoms with E-state index < -0.39 is 0 Å². The molecule has 0 atom stereocenters. The molecule has 0 unspecified atom stereocenters. The maximum atomic E-state index is 6.13. The summed E-state index contributed by atoms with van der Waals surface area (Å²) in [4.78, 5) is 11.0. The monoisotopic (exact) mass is 450 g/mol. The summed E-state index contributed by atoms with van der Waals surface area (Å²) in [7, 11) is 3.77. The van der Waals surface area contributed by atoms with Gasteiger partial charge in [-0.1, -0.05) is 35.5 Å². The van der Waals surface area contributed by atoms with E-state index in [1.54, 1.807) is 18.9 Å². The van der Waals surface area contributed by atoms with Gasteiger partial charge in [0.05, 0.1) is 19.0 Å².